The maximum absolute atomic E-state index is 13.4. The minimum absolute atomic E-state index is 0.0360. The Morgan fingerprint density at radius 1 is 0.906 bits per heavy atom. The number of aliphatic carboxylic acids is 3. The highest BCUT2D eigenvalue weighted by molar-refractivity contribution is 5.90. The number of rotatable bonds is 10. The van der Waals surface area contributed by atoms with Gasteiger partial charge in [-0.05, 0) is 44.7 Å². The van der Waals surface area contributed by atoms with Crippen molar-refractivity contribution in [2.24, 2.45) is 0 Å². The third-order valence-corrected chi connectivity index (χ3v) is 9.02. The SMILES string of the molecule is CCCNCc1cc(OC2CCC(N3CC(CC#N)(n4cc(-c5ncnc6[nH]ccc56)cn4)C3)CC2)nc(C(F)(F)F)n1.O=C(O)C(F)(F)F.O=C(O)C(F)(F)F.O=C(O)C(F)(F)F. The number of ether oxygens (including phenoxy) is 1. The summed E-state index contributed by atoms with van der Waals surface area (Å²) in [6.07, 6.45) is -8.77. The van der Waals surface area contributed by atoms with Gasteiger partial charge in [0.1, 0.15) is 23.6 Å². The Bertz CT molecular complexity index is 2170. The molecule has 0 radical (unpaired) electrons. The molecule has 29 heteroatoms. The van der Waals surface area contributed by atoms with Crippen LogP contribution < -0.4 is 10.1 Å². The summed E-state index contributed by atoms with van der Waals surface area (Å²) in [6, 6.07) is 6.07. The van der Waals surface area contributed by atoms with E-state index in [1.807, 2.05) is 30.1 Å². The molecule has 0 amide bonds. The summed E-state index contributed by atoms with van der Waals surface area (Å²) < 4.78 is 143. The van der Waals surface area contributed by atoms with Gasteiger partial charge in [-0.2, -0.15) is 68.0 Å². The lowest BCUT2D eigenvalue weighted by molar-refractivity contribution is -0.193. The first-order valence-corrected chi connectivity index (χ1v) is 18.3. The molecule has 5 heterocycles. The molecule has 64 heavy (non-hydrogen) atoms. The van der Waals surface area contributed by atoms with Crippen molar-refractivity contribution in [3.05, 3.63) is 48.6 Å². The molecule has 1 aliphatic carbocycles. The normalized spacial score (nSPS) is 17.5. The van der Waals surface area contributed by atoms with Crippen molar-refractivity contribution in [3.8, 4) is 23.2 Å². The second-order valence-corrected chi connectivity index (χ2v) is 13.8. The molecule has 6 rings (SSSR count). The van der Waals surface area contributed by atoms with Crippen LogP contribution in [0.1, 0.15) is 57.0 Å². The molecule has 4 aromatic rings. The van der Waals surface area contributed by atoms with Crippen molar-refractivity contribution < 1.29 is 87.1 Å². The topological polar surface area (TPSA) is 245 Å². The Kier molecular flexibility index (Phi) is 17.4. The standard InChI is InChI=1S/C29H33F3N10O.3C2HF3O2/c1-2-10-34-14-20-12-24(40-27(39-20)29(30,31)32)43-22-5-3-21(4-6-22)41-16-28(17-41,8-9-33)42-15-19(13-38-42)25-23-7-11-35-26(23)37-18-36-25;3*3-2(4,5)1(6)7/h7,11-13,15,18,21-22,34H,2-6,8,10,14,16-17H2,1H3,(H,35,36,37);3*(H,6,7). The van der Waals surface area contributed by atoms with Crippen LogP contribution in [-0.4, -0.2) is 123 Å². The monoisotopic (exact) mass is 936 g/mol. The van der Waals surface area contributed by atoms with Gasteiger partial charge in [0.25, 0.3) is 0 Å². The van der Waals surface area contributed by atoms with Crippen LogP contribution in [0.3, 0.4) is 0 Å². The van der Waals surface area contributed by atoms with Gasteiger partial charge < -0.3 is 30.4 Å². The van der Waals surface area contributed by atoms with Crippen LogP contribution >= 0.6 is 0 Å². The van der Waals surface area contributed by atoms with Crippen molar-refractivity contribution in [2.75, 3.05) is 19.6 Å². The summed E-state index contributed by atoms with van der Waals surface area (Å²) in [6.45, 7) is 4.26. The predicted octanol–water partition coefficient (Wildman–Crippen LogP) is 6.34. The molecule has 0 atom stereocenters. The Hall–Kier alpha value is -6.31. The summed E-state index contributed by atoms with van der Waals surface area (Å²) in [7, 11) is 0. The first kappa shape index (κ1) is 52.0. The molecule has 0 aromatic carbocycles. The molecule has 2 fully saturated rings. The number of nitrogens with one attached hydrogen (secondary N) is 2. The van der Waals surface area contributed by atoms with Crippen LogP contribution in [0.4, 0.5) is 52.7 Å². The highest BCUT2D eigenvalue weighted by Gasteiger charge is 2.48. The highest BCUT2D eigenvalue weighted by atomic mass is 19.4. The maximum atomic E-state index is 13.4. The van der Waals surface area contributed by atoms with E-state index in [-0.39, 0.29) is 24.2 Å². The highest BCUT2D eigenvalue weighted by Crippen LogP contribution is 2.39. The molecule has 1 aliphatic heterocycles. The van der Waals surface area contributed by atoms with Gasteiger partial charge in [0, 0.05) is 55.1 Å². The molecule has 352 valence electrons. The van der Waals surface area contributed by atoms with Crippen LogP contribution in [0.2, 0.25) is 0 Å². The molecule has 0 bridgehead atoms. The fourth-order valence-corrected chi connectivity index (χ4v) is 6.10. The van der Waals surface area contributed by atoms with E-state index in [1.54, 1.807) is 6.20 Å². The second kappa shape index (κ2) is 21.4. The molecule has 17 nitrogen and oxygen atoms in total. The van der Waals surface area contributed by atoms with Crippen molar-refractivity contribution in [2.45, 2.75) is 94.4 Å². The van der Waals surface area contributed by atoms with Crippen molar-refractivity contribution in [3.63, 3.8) is 0 Å². The van der Waals surface area contributed by atoms with E-state index >= 15 is 0 Å². The first-order chi connectivity index (χ1) is 29.6. The number of aromatic nitrogens is 7. The van der Waals surface area contributed by atoms with Gasteiger partial charge in [0.05, 0.1) is 30.1 Å². The zero-order valence-electron chi connectivity index (χ0n) is 32.8. The average molecular weight is 937 g/mol. The minimum atomic E-state index is -5.08. The van der Waals surface area contributed by atoms with Crippen molar-refractivity contribution in [1.29, 1.82) is 5.26 Å². The molecule has 5 N–H and O–H groups in total. The van der Waals surface area contributed by atoms with Gasteiger partial charge in [-0.15, -0.1) is 0 Å². The first-order valence-electron chi connectivity index (χ1n) is 18.3. The Morgan fingerprint density at radius 3 is 1.97 bits per heavy atom. The number of aromatic amines is 1. The van der Waals surface area contributed by atoms with Gasteiger partial charge in [-0.25, -0.2) is 29.3 Å². The third kappa shape index (κ3) is 14.9. The van der Waals surface area contributed by atoms with Crippen LogP contribution in [0.5, 0.6) is 5.88 Å². The second-order valence-electron chi connectivity index (χ2n) is 13.8. The van der Waals surface area contributed by atoms with E-state index in [1.165, 1.54) is 12.4 Å². The van der Waals surface area contributed by atoms with E-state index in [0.29, 0.717) is 44.9 Å². The summed E-state index contributed by atoms with van der Waals surface area (Å²) >= 11 is 0. The third-order valence-electron chi connectivity index (χ3n) is 9.02. The fraction of sp³-hybridized carbons (Fsp3) is 0.514. The Labute approximate surface area is 352 Å². The summed E-state index contributed by atoms with van der Waals surface area (Å²) in [5.74, 6) is -9.49. The molecule has 1 saturated heterocycles. The van der Waals surface area contributed by atoms with Crippen LogP contribution in [0, 0.1) is 11.3 Å². The smallest absolute Gasteiger partial charge is 0.475 e. The number of carboxylic acids is 3. The van der Waals surface area contributed by atoms with Gasteiger partial charge in [-0.3, -0.25) is 9.58 Å². The maximum Gasteiger partial charge on any atom is 0.490 e. The molecule has 0 spiro atoms. The molecule has 2 aliphatic rings. The number of carbonyl (C=O) groups is 3. The number of likely N-dealkylation sites (tertiary alicyclic amines) is 1. The van der Waals surface area contributed by atoms with Crippen LogP contribution in [0.15, 0.2) is 37.1 Å². The lowest BCUT2D eigenvalue weighted by Crippen LogP contribution is -2.65. The van der Waals surface area contributed by atoms with E-state index in [9.17, 15) is 57.9 Å². The molecular formula is C35H36F12N10O7. The number of alkyl halides is 12. The van der Waals surface area contributed by atoms with Gasteiger partial charge >= 0.3 is 42.6 Å². The van der Waals surface area contributed by atoms with E-state index in [2.05, 4.69) is 46.3 Å². The van der Waals surface area contributed by atoms with Crippen molar-refractivity contribution in [1.82, 2.24) is 44.9 Å². The molecular weight excluding hydrogens is 900 g/mol. The summed E-state index contributed by atoms with van der Waals surface area (Å²) in [4.78, 5) is 48.2. The number of halogens is 12. The molecule has 0 unspecified atom stereocenters. The van der Waals surface area contributed by atoms with Crippen LogP contribution in [0.25, 0.3) is 22.3 Å². The fourth-order valence-electron chi connectivity index (χ4n) is 6.10. The lowest BCUT2D eigenvalue weighted by Gasteiger charge is -2.53. The van der Waals surface area contributed by atoms with Crippen molar-refractivity contribution >= 4 is 28.9 Å². The number of nitriles is 1. The van der Waals surface area contributed by atoms with E-state index in [0.717, 1.165) is 41.6 Å². The zero-order valence-corrected chi connectivity index (χ0v) is 32.8. The van der Waals surface area contributed by atoms with E-state index < -0.39 is 54.0 Å². The lowest BCUT2D eigenvalue weighted by atomic mass is 9.82. The van der Waals surface area contributed by atoms with Crippen LogP contribution in [-0.2, 0) is 32.6 Å². The van der Waals surface area contributed by atoms with Gasteiger partial charge in [0.2, 0.25) is 11.7 Å². The number of nitrogens with zero attached hydrogens (tertiary/aromatic N) is 8. The predicted molar refractivity (Wildman–Crippen MR) is 192 cm³/mol. The number of H-pyrrole nitrogens is 1. The average Bonchev–Trinajstić information content (AvgIpc) is 3.87. The van der Waals surface area contributed by atoms with E-state index in [4.69, 9.17) is 34.4 Å². The summed E-state index contributed by atoms with van der Waals surface area (Å²) in [5, 5.41) is 39.7. The summed E-state index contributed by atoms with van der Waals surface area (Å²) in [5.41, 5.74) is 2.23. The van der Waals surface area contributed by atoms with Gasteiger partial charge in [0.15, 0.2) is 0 Å². The number of hydrogen-bond acceptors (Lipinski definition) is 12. The number of carboxylic acid groups (broad SMARTS) is 3. The molecule has 4 aromatic heterocycles. The zero-order chi connectivity index (χ0) is 48.3. The minimum Gasteiger partial charge on any atom is -0.475 e. The largest absolute Gasteiger partial charge is 0.490 e. The quantitative estimate of drug-likeness (QED) is 0.0860. The Balaban J connectivity index is 0.000000429. The molecule has 1 saturated carbocycles. The number of fused-ring (bicyclic) bond motifs is 1. The van der Waals surface area contributed by atoms with Gasteiger partial charge in [-0.1, -0.05) is 6.92 Å². The number of hydrogen-bond donors (Lipinski definition) is 5. The Morgan fingerprint density at radius 2 is 1.47 bits per heavy atom.